The standard InChI is InChI=1S/C59H34N8/c60-35-37-26-30-42(31-27-37)65-48-23-10-7-20-45(48)51-54(65)53-47-22-9-12-25-50(47)67(44-19-13-14-38(34-44)36-61)56(53)52-46-21-8-11-24-49(46)66(55(51)52)43-32-28-41(29-33-43)59-63-57(39-15-3-1-4-16-39)62-58(64-59)40-17-5-2-6-18-40/h1-34H. The van der Waals surface area contributed by atoms with Crippen molar-refractivity contribution >= 4 is 65.4 Å². The van der Waals surface area contributed by atoms with E-state index in [2.05, 4.69) is 129 Å². The van der Waals surface area contributed by atoms with Gasteiger partial charge < -0.3 is 13.7 Å². The number of hydrogen-bond donors (Lipinski definition) is 0. The number of aromatic nitrogens is 6. The first kappa shape index (κ1) is 37.9. The topological polar surface area (TPSA) is 101 Å². The van der Waals surface area contributed by atoms with E-state index < -0.39 is 0 Å². The molecule has 13 rings (SSSR count). The number of benzene rings is 9. The molecule has 0 unspecified atom stereocenters. The van der Waals surface area contributed by atoms with Crippen LogP contribution in [-0.4, -0.2) is 28.7 Å². The Balaban J connectivity index is 1.16. The Morgan fingerprint density at radius 3 is 1.12 bits per heavy atom. The zero-order valence-electron chi connectivity index (χ0n) is 35.7. The quantitative estimate of drug-likeness (QED) is 0.166. The molecule has 8 heteroatoms. The fourth-order valence-corrected chi connectivity index (χ4v) is 10.1. The second kappa shape index (κ2) is 15.0. The minimum Gasteiger partial charge on any atom is -0.308 e. The number of para-hydroxylation sites is 3. The molecule has 0 aliphatic carbocycles. The van der Waals surface area contributed by atoms with Gasteiger partial charge in [-0.25, -0.2) is 15.0 Å². The molecular formula is C59H34N8. The van der Waals surface area contributed by atoms with Crippen molar-refractivity contribution in [2.45, 2.75) is 0 Å². The predicted octanol–water partition coefficient (Wildman–Crippen LogP) is 13.9. The summed E-state index contributed by atoms with van der Waals surface area (Å²) >= 11 is 0. The van der Waals surface area contributed by atoms with Gasteiger partial charge in [0.15, 0.2) is 17.5 Å². The largest absolute Gasteiger partial charge is 0.308 e. The zero-order chi connectivity index (χ0) is 44.6. The van der Waals surface area contributed by atoms with Gasteiger partial charge >= 0.3 is 0 Å². The van der Waals surface area contributed by atoms with Crippen LogP contribution in [0.2, 0.25) is 0 Å². The summed E-state index contributed by atoms with van der Waals surface area (Å²) in [5.74, 6) is 1.80. The molecular weight excluding hydrogens is 821 g/mol. The van der Waals surface area contributed by atoms with Crippen LogP contribution in [0.1, 0.15) is 11.1 Å². The molecule has 0 atom stereocenters. The van der Waals surface area contributed by atoms with Gasteiger partial charge in [-0.2, -0.15) is 10.5 Å². The highest BCUT2D eigenvalue weighted by atomic mass is 15.1. The molecule has 0 fully saturated rings. The second-order valence-corrected chi connectivity index (χ2v) is 16.6. The van der Waals surface area contributed by atoms with Crippen molar-refractivity contribution in [3.8, 4) is 63.4 Å². The predicted molar refractivity (Wildman–Crippen MR) is 269 cm³/mol. The van der Waals surface area contributed by atoms with Crippen molar-refractivity contribution in [1.82, 2.24) is 28.7 Å². The number of nitrogens with zero attached hydrogens (tertiary/aromatic N) is 8. The van der Waals surface area contributed by atoms with E-state index in [1.807, 2.05) is 103 Å². The molecule has 0 saturated heterocycles. The molecule has 4 aromatic heterocycles. The summed E-state index contributed by atoms with van der Waals surface area (Å²) in [6.07, 6.45) is 0. The van der Waals surface area contributed by atoms with Gasteiger partial charge in [0, 0.05) is 66.1 Å². The number of hydrogen-bond acceptors (Lipinski definition) is 5. The van der Waals surface area contributed by atoms with Gasteiger partial charge in [-0.1, -0.05) is 121 Å². The molecule has 0 aliphatic rings. The summed E-state index contributed by atoms with van der Waals surface area (Å²) in [6, 6.07) is 74.9. The molecule has 67 heavy (non-hydrogen) atoms. The van der Waals surface area contributed by atoms with Gasteiger partial charge in [-0.05, 0) is 84.9 Å². The zero-order valence-corrected chi connectivity index (χ0v) is 35.7. The molecule has 0 saturated carbocycles. The third-order valence-electron chi connectivity index (χ3n) is 12.9. The fourth-order valence-electron chi connectivity index (χ4n) is 10.1. The van der Waals surface area contributed by atoms with Crippen molar-refractivity contribution in [3.63, 3.8) is 0 Å². The summed E-state index contributed by atoms with van der Waals surface area (Å²) in [4.78, 5) is 15.0. The van der Waals surface area contributed by atoms with E-state index in [4.69, 9.17) is 15.0 Å². The Hall–Kier alpha value is -9.63. The van der Waals surface area contributed by atoms with E-state index in [1.165, 1.54) is 0 Å². The van der Waals surface area contributed by atoms with Crippen LogP contribution in [0.5, 0.6) is 0 Å². The lowest BCUT2D eigenvalue weighted by atomic mass is 10.0. The molecule has 13 aromatic rings. The third kappa shape index (κ3) is 5.81. The maximum absolute atomic E-state index is 10.2. The first-order chi connectivity index (χ1) is 33.2. The van der Waals surface area contributed by atoms with Crippen molar-refractivity contribution in [2.75, 3.05) is 0 Å². The van der Waals surface area contributed by atoms with E-state index in [-0.39, 0.29) is 0 Å². The normalized spacial score (nSPS) is 11.6. The Bertz CT molecular complexity index is 4150. The summed E-state index contributed by atoms with van der Waals surface area (Å²) in [5, 5.41) is 26.6. The summed E-state index contributed by atoms with van der Waals surface area (Å²) < 4.78 is 7.09. The highest BCUT2D eigenvalue weighted by molar-refractivity contribution is 6.40. The maximum atomic E-state index is 10.2. The van der Waals surface area contributed by atoms with Crippen molar-refractivity contribution in [1.29, 1.82) is 10.5 Å². The molecule has 0 radical (unpaired) electrons. The fraction of sp³-hybridized carbons (Fsp3) is 0. The van der Waals surface area contributed by atoms with Gasteiger partial charge in [0.05, 0.1) is 56.4 Å². The van der Waals surface area contributed by atoms with Crippen LogP contribution in [0.25, 0.3) is 117 Å². The van der Waals surface area contributed by atoms with E-state index >= 15 is 0 Å². The average Bonchev–Trinajstić information content (AvgIpc) is 4.05. The van der Waals surface area contributed by atoms with Crippen LogP contribution in [0.15, 0.2) is 206 Å². The van der Waals surface area contributed by atoms with Gasteiger partial charge in [0.2, 0.25) is 0 Å². The van der Waals surface area contributed by atoms with E-state index in [0.717, 1.165) is 99.2 Å². The molecule has 310 valence electrons. The first-order valence-electron chi connectivity index (χ1n) is 22.1. The van der Waals surface area contributed by atoms with Crippen LogP contribution in [0.3, 0.4) is 0 Å². The molecule has 0 spiro atoms. The van der Waals surface area contributed by atoms with E-state index in [1.54, 1.807) is 0 Å². The lowest BCUT2D eigenvalue weighted by Gasteiger charge is -2.14. The SMILES string of the molecule is N#Cc1ccc(-n2c3ccccc3c3c2c2c4ccccc4n(-c4cccc(C#N)c4)c2c2c4ccccc4n(-c4ccc(-c5nc(-c6ccccc6)nc(-c6ccccc6)n5)cc4)c32)cc1. The van der Waals surface area contributed by atoms with Crippen LogP contribution in [0.4, 0.5) is 0 Å². The lowest BCUT2D eigenvalue weighted by molar-refractivity contribution is 1.07. The summed E-state index contributed by atoms with van der Waals surface area (Å²) in [5.41, 5.74) is 13.0. The van der Waals surface area contributed by atoms with Gasteiger partial charge in [-0.15, -0.1) is 0 Å². The molecule has 9 aromatic carbocycles. The van der Waals surface area contributed by atoms with Crippen molar-refractivity contribution in [2.24, 2.45) is 0 Å². The molecule has 0 bridgehead atoms. The summed E-state index contributed by atoms with van der Waals surface area (Å²) in [6.45, 7) is 0. The first-order valence-corrected chi connectivity index (χ1v) is 22.1. The lowest BCUT2D eigenvalue weighted by Crippen LogP contribution is -2.00. The minimum absolute atomic E-state index is 0.583. The summed E-state index contributed by atoms with van der Waals surface area (Å²) in [7, 11) is 0. The number of rotatable bonds is 6. The Morgan fingerprint density at radius 2 is 0.687 bits per heavy atom. The Morgan fingerprint density at radius 1 is 0.313 bits per heavy atom. The third-order valence-corrected chi connectivity index (χ3v) is 12.9. The number of fused-ring (bicyclic) bond motifs is 12. The molecule has 0 N–H and O–H groups in total. The van der Waals surface area contributed by atoms with Crippen LogP contribution < -0.4 is 0 Å². The monoisotopic (exact) mass is 854 g/mol. The van der Waals surface area contributed by atoms with Gasteiger partial charge in [0.1, 0.15) is 0 Å². The number of nitriles is 2. The van der Waals surface area contributed by atoms with E-state index in [9.17, 15) is 10.5 Å². The maximum Gasteiger partial charge on any atom is 0.164 e. The van der Waals surface area contributed by atoms with Gasteiger partial charge in [-0.3, -0.25) is 0 Å². The highest BCUT2D eigenvalue weighted by Gasteiger charge is 2.29. The Kier molecular flexibility index (Phi) is 8.48. The van der Waals surface area contributed by atoms with Gasteiger partial charge in [0.25, 0.3) is 0 Å². The van der Waals surface area contributed by atoms with Crippen LogP contribution in [-0.2, 0) is 0 Å². The second-order valence-electron chi connectivity index (χ2n) is 16.6. The van der Waals surface area contributed by atoms with Crippen molar-refractivity contribution < 1.29 is 0 Å². The highest BCUT2D eigenvalue weighted by Crippen LogP contribution is 2.50. The van der Waals surface area contributed by atoms with Crippen molar-refractivity contribution in [3.05, 3.63) is 217 Å². The molecule has 4 heterocycles. The molecule has 8 nitrogen and oxygen atoms in total. The van der Waals surface area contributed by atoms with Crippen LogP contribution in [0, 0.1) is 22.7 Å². The Labute approximate surface area is 383 Å². The van der Waals surface area contributed by atoms with E-state index in [0.29, 0.717) is 28.6 Å². The van der Waals surface area contributed by atoms with Crippen LogP contribution >= 0.6 is 0 Å². The molecule has 0 aliphatic heterocycles. The molecule has 0 amide bonds. The average molecular weight is 855 g/mol. The minimum atomic E-state index is 0.583. The smallest absolute Gasteiger partial charge is 0.164 e.